The van der Waals surface area contributed by atoms with Crippen molar-refractivity contribution in [1.82, 2.24) is 5.32 Å². The third-order valence-electron chi connectivity index (χ3n) is 3.43. The molecule has 1 fully saturated rings. The summed E-state index contributed by atoms with van der Waals surface area (Å²) in [5, 5.41) is 3.52. The molecule has 0 aliphatic heterocycles. The molecule has 16 heavy (non-hydrogen) atoms. The Morgan fingerprint density at radius 3 is 2.56 bits per heavy atom. The zero-order chi connectivity index (χ0) is 11.4. The number of hydrogen-bond acceptors (Lipinski definition) is 2. The van der Waals surface area contributed by atoms with Gasteiger partial charge in [-0.05, 0) is 55.5 Å². The van der Waals surface area contributed by atoms with Crippen molar-refractivity contribution in [1.29, 1.82) is 0 Å². The van der Waals surface area contributed by atoms with E-state index >= 15 is 0 Å². The first-order valence-electron chi connectivity index (χ1n) is 6.13. The topological polar surface area (TPSA) is 21.3 Å². The number of hydrogen-bond donors (Lipinski definition) is 1. The summed E-state index contributed by atoms with van der Waals surface area (Å²) in [6.07, 6.45) is 2.51. The fourth-order valence-corrected chi connectivity index (χ4v) is 2.00. The SMILES string of the molecule is COc1ccc(CCNCC2CC2C)cc1. The van der Waals surface area contributed by atoms with Gasteiger partial charge in [0, 0.05) is 0 Å². The van der Waals surface area contributed by atoms with Crippen LogP contribution in [0.2, 0.25) is 0 Å². The Morgan fingerprint density at radius 1 is 1.31 bits per heavy atom. The Morgan fingerprint density at radius 2 is 2.00 bits per heavy atom. The fourth-order valence-electron chi connectivity index (χ4n) is 2.00. The van der Waals surface area contributed by atoms with E-state index in [-0.39, 0.29) is 0 Å². The minimum Gasteiger partial charge on any atom is -0.497 e. The van der Waals surface area contributed by atoms with Crippen molar-refractivity contribution in [3.8, 4) is 5.75 Å². The second-order valence-corrected chi connectivity index (χ2v) is 4.78. The predicted molar refractivity (Wildman–Crippen MR) is 66.8 cm³/mol. The summed E-state index contributed by atoms with van der Waals surface area (Å²) in [6, 6.07) is 8.33. The van der Waals surface area contributed by atoms with Crippen LogP contribution in [0.15, 0.2) is 24.3 Å². The first-order valence-corrected chi connectivity index (χ1v) is 6.13. The number of rotatable bonds is 6. The molecule has 2 heteroatoms. The highest BCUT2D eigenvalue weighted by atomic mass is 16.5. The van der Waals surface area contributed by atoms with Gasteiger partial charge in [-0.25, -0.2) is 0 Å². The maximum atomic E-state index is 5.13. The molecule has 1 saturated carbocycles. The molecule has 0 radical (unpaired) electrons. The molecule has 0 saturated heterocycles. The lowest BCUT2D eigenvalue weighted by molar-refractivity contribution is 0.414. The summed E-state index contributed by atoms with van der Waals surface area (Å²) in [5.74, 6) is 2.83. The highest BCUT2D eigenvalue weighted by molar-refractivity contribution is 5.27. The largest absolute Gasteiger partial charge is 0.497 e. The third-order valence-corrected chi connectivity index (χ3v) is 3.43. The van der Waals surface area contributed by atoms with E-state index in [1.54, 1.807) is 7.11 Å². The summed E-state index contributed by atoms with van der Waals surface area (Å²) >= 11 is 0. The minimum atomic E-state index is 0.934. The molecule has 2 unspecified atom stereocenters. The summed E-state index contributed by atoms with van der Waals surface area (Å²) < 4.78 is 5.13. The average Bonchev–Trinajstić information content (AvgIpc) is 3.02. The van der Waals surface area contributed by atoms with Gasteiger partial charge in [0.2, 0.25) is 0 Å². The summed E-state index contributed by atoms with van der Waals surface area (Å²) in [5.41, 5.74) is 1.37. The quantitative estimate of drug-likeness (QED) is 0.742. The van der Waals surface area contributed by atoms with E-state index in [1.807, 2.05) is 12.1 Å². The highest BCUT2D eigenvalue weighted by Gasteiger charge is 2.31. The molecule has 1 aromatic rings. The van der Waals surface area contributed by atoms with Crippen molar-refractivity contribution in [3.05, 3.63) is 29.8 Å². The molecule has 0 heterocycles. The van der Waals surface area contributed by atoms with Gasteiger partial charge >= 0.3 is 0 Å². The van der Waals surface area contributed by atoms with Crippen LogP contribution in [0.3, 0.4) is 0 Å². The van der Waals surface area contributed by atoms with Crippen molar-refractivity contribution in [3.63, 3.8) is 0 Å². The Bertz CT molecular complexity index is 320. The van der Waals surface area contributed by atoms with Crippen LogP contribution >= 0.6 is 0 Å². The molecule has 88 valence electrons. The van der Waals surface area contributed by atoms with Gasteiger partial charge in [0.15, 0.2) is 0 Å². The fraction of sp³-hybridized carbons (Fsp3) is 0.571. The Balaban J connectivity index is 1.64. The number of ether oxygens (including phenoxy) is 1. The van der Waals surface area contributed by atoms with E-state index in [0.717, 1.165) is 30.6 Å². The van der Waals surface area contributed by atoms with E-state index in [1.165, 1.54) is 18.5 Å². The minimum absolute atomic E-state index is 0.934. The van der Waals surface area contributed by atoms with Crippen LogP contribution in [-0.4, -0.2) is 20.2 Å². The summed E-state index contributed by atoms with van der Waals surface area (Å²) in [7, 11) is 1.70. The van der Waals surface area contributed by atoms with Gasteiger partial charge < -0.3 is 10.1 Å². The van der Waals surface area contributed by atoms with Gasteiger partial charge in [0.1, 0.15) is 5.75 Å². The zero-order valence-corrected chi connectivity index (χ0v) is 10.2. The lowest BCUT2D eigenvalue weighted by Crippen LogP contribution is -2.20. The maximum Gasteiger partial charge on any atom is 0.118 e. The molecule has 2 rings (SSSR count). The number of benzene rings is 1. The molecule has 1 aliphatic rings. The second-order valence-electron chi connectivity index (χ2n) is 4.78. The van der Waals surface area contributed by atoms with Gasteiger partial charge in [0.05, 0.1) is 7.11 Å². The summed E-state index contributed by atoms with van der Waals surface area (Å²) in [6.45, 7) is 4.60. The van der Waals surface area contributed by atoms with Gasteiger partial charge in [-0.3, -0.25) is 0 Å². The highest BCUT2D eigenvalue weighted by Crippen LogP contribution is 2.36. The molecule has 2 atom stereocenters. The van der Waals surface area contributed by atoms with Crippen molar-refractivity contribution < 1.29 is 4.74 Å². The Kier molecular flexibility index (Phi) is 3.83. The molecule has 0 amide bonds. The predicted octanol–water partition coefficient (Wildman–Crippen LogP) is 2.48. The molecule has 0 bridgehead atoms. The number of nitrogens with one attached hydrogen (secondary N) is 1. The molecule has 1 aliphatic carbocycles. The van der Waals surface area contributed by atoms with Crippen molar-refractivity contribution >= 4 is 0 Å². The van der Waals surface area contributed by atoms with Crippen LogP contribution in [0.5, 0.6) is 5.75 Å². The third kappa shape index (κ3) is 3.24. The molecular weight excluding hydrogens is 198 g/mol. The van der Waals surface area contributed by atoms with Crippen molar-refractivity contribution in [2.75, 3.05) is 20.2 Å². The van der Waals surface area contributed by atoms with Crippen molar-refractivity contribution in [2.45, 2.75) is 19.8 Å². The van der Waals surface area contributed by atoms with Crippen LogP contribution in [0.1, 0.15) is 18.9 Å². The monoisotopic (exact) mass is 219 g/mol. The molecule has 0 spiro atoms. The zero-order valence-electron chi connectivity index (χ0n) is 10.2. The second kappa shape index (κ2) is 5.35. The molecular formula is C14H21NO. The van der Waals surface area contributed by atoms with Gasteiger partial charge in [-0.1, -0.05) is 19.1 Å². The first-order chi connectivity index (χ1) is 7.79. The molecule has 2 nitrogen and oxygen atoms in total. The van der Waals surface area contributed by atoms with Gasteiger partial charge in [-0.2, -0.15) is 0 Å². The standard InChI is InChI=1S/C14H21NO/c1-11-9-13(11)10-15-8-7-12-3-5-14(16-2)6-4-12/h3-6,11,13,15H,7-10H2,1-2H3. The first kappa shape index (κ1) is 11.5. The normalized spacial score (nSPS) is 23.1. The Hall–Kier alpha value is -1.02. The lowest BCUT2D eigenvalue weighted by Gasteiger charge is -2.05. The van der Waals surface area contributed by atoms with E-state index in [0.29, 0.717) is 0 Å². The van der Waals surface area contributed by atoms with Crippen LogP contribution in [0.25, 0.3) is 0 Å². The average molecular weight is 219 g/mol. The van der Waals surface area contributed by atoms with Crippen LogP contribution in [0.4, 0.5) is 0 Å². The molecule has 1 N–H and O–H groups in total. The van der Waals surface area contributed by atoms with Crippen LogP contribution in [-0.2, 0) is 6.42 Å². The smallest absolute Gasteiger partial charge is 0.118 e. The van der Waals surface area contributed by atoms with Crippen molar-refractivity contribution in [2.24, 2.45) is 11.8 Å². The number of methoxy groups -OCH3 is 1. The Labute approximate surface area is 98.0 Å². The van der Waals surface area contributed by atoms with Crippen LogP contribution in [0, 0.1) is 11.8 Å². The molecule has 0 aromatic heterocycles. The lowest BCUT2D eigenvalue weighted by atomic mass is 10.1. The van der Waals surface area contributed by atoms with Crippen LogP contribution < -0.4 is 10.1 Å². The summed E-state index contributed by atoms with van der Waals surface area (Å²) in [4.78, 5) is 0. The van der Waals surface area contributed by atoms with E-state index in [4.69, 9.17) is 4.74 Å². The molecule has 1 aromatic carbocycles. The van der Waals surface area contributed by atoms with E-state index < -0.39 is 0 Å². The van der Waals surface area contributed by atoms with E-state index in [2.05, 4.69) is 24.4 Å². The van der Waals surface area contributed by atoms with Gasteiger partial charge in [-0.15, -0.1) is 0 Å². The van der Waals surface area contributed by atoms with E-state index in [9.17, 15) is 0 Å². The van der Waals surface area contributed by atoms with Gasteiger partial charge in [0.25, 0.3) is 0 Å². The maximum absolute atomic E-state index is 5.13.